The van der Waals surface area contributed by atoms with E-state index in [9.17, 15) is 14.4 Å². The molecule has 2 N–H and O–H groups in total. The Bertz CT molecular complexity index is 599. The number of nitrogens with zero attached hydrogens (tertiary/aromatic N) is 2. The molecule has 2 aromatic rings. The molecule has 0 spiro atoms. The van der Waals surface area contributed by atoms with Crippen LogP contribution in [0.15, 0.2) is 21.7 Å². The summed E-state index contributed by atoms with van der Waals surface area (Å²) in [6, 6.07) is 2.07. The Kier molecular flexibility index (Phi) is 2.15. The Morgan fingerprint density at radius 3 is 1.62 bits per heavy atom. The van der Waals surface area contributed by atoms with Crippen molar-refractivity contribution < 1.29 is 4.79 Å². The third-order valence-electron chi connectivity index (χ3n) is 2.21. The highest BCUT2D eigenvalue weighted by atomic mass is 16.2. The van der Waals surface area contributed by atoms with Crippen LogP contribution in [-0.2, 0) is 0 Å². The van der Waals surface area contributed by atoms with Crippen LogP contribution in [-0.4, -0.2) is 25.6 Å². The fraction of sp³-hybridized carbons (Fsp3) is 0.222. The van der Waals surface area contributed by atoms with E-state index in [4.69, 9.17) is 0 Å². The van der Waals surface area contributed by atoms with Gasteiger partial charge >= 0.3 is 6.03 Å². The third kappa shape index (κ3) is 1.52. The van der Waals surface area contributed by atoms with Crippen LogP contribution in [0.3, 0.4) is 0 Å². The maximum atomic E-state index is 11.9. The second-order valence-electron chi connectivity index (χ2n) is 3.48. The van der Waals surface area contributed by atoms with Gasteiger partial charge in [-0.05, 0) is 13.8 Å². The first-order valence-corrected chi connectivity index (χ1v) is 4.61. The van der Waals surface area contributed by atoms with Crippen LogP contribution in [0.1, 0.15) is 11.4 Å². The maximum absolute atomic E-state index is 11.9. The normalized spacial score (nSPS) is 10.6. The van der Waals surface area contributed by atoms with Crippen molar-refractivity contribution in [3.05, 3.63) is 44.2 Å². The van der Waals surface area contributed by atoms with Gasteiger partial charge in [0.2, 0.25) is 0 Å². The molecule has 0 aliphatic rings. The Hall–Kier alpha value is -2.31. The lowest BCUT2D eigenvalue weighted by Gasteiger charge is -2.05. The lowest BCUT2D eigenvalue weighted by atomic mass is 10.5. The summed E-state index contributed by atoms with van der Waals surface area (Å²) in [7, 11) is 0. The van der Waals surface area contributed by atoms with Gasteiger partial charge in [0.15, 0.2) is 0 Å². The van der Waals surface area contributed by atoms with E-state index in [1.165, 1.54) is 12.1 Å². The van der Waals surface area contributed by atoms with Crippen molar-refractivity contribution in [2.75, 3.05) is 0 Å². The van der Waals surface area contributed by atoms with Crippen LogP contribution >= 0.6 is 0 Å². The van der Waals surface area contributed by atoms with Crippen LogP contribution in [0, 0.1) is 13.8 Å². The molecule has 2 aromatic heterocycles. The molecule has 0 saturated carbocycles. The first-order chi connectivity index (χ1) is 7.49. The van der Waals surface area contributed by atoms with Crippen molar-refractivity contribution in [3.8, 4) is 0 Å². The van der Waals surface area contributed by atoms with Crippen molar-refractivity contribution in [2.24, 2.45) is 0 Å². The first kappa shape index (κ1) is 10.2. The van der Waals surface area contributed by atoms with Crippen LogP contribution in [0.4, 0.5) is 4.79 Å². The number of hydrogen-bond acceptors (Lipinski definition) is 3. The van der Waals surface area contributed by atoms with E-state index in [0.717, 1.165) is 9.36 Å². The summed E-state index contributed by atoms with van der Waals surface area (Å²) >= 11 is 0. The SMILES string of the molecule is Cc1cc(=O)[nH]n1C(=O)n1[nH]c(=O)cc1C. The summed E-state index contributed by atoms with van der Waals surface area (Å²) in [5, 5.41) is 4.70. The molecule has 0 radical (unpaired) electrons. The van der Waals surface area contributed by atoms with Gasteiger partial charge in [-0.2, -0.15) is 0 Å². The second kappa shape index (κ2) is 3.37. The number of aromatic nitrogens is 4. The van der Waals surface area contributed by atoms with Gasteiger partial charge in [-0.25, -0.2) is 14.2 Å². The molecular weight excluding hydrogens is 212 g/mol. The Morgan fingerprint density at radius 2 is 1.38 bits per heavy atom. The zero-order chi connectivity index (χ0) is 11.9. The molecule has 0 aliphatic heterocycles. The minimum atomic E-state index is -0.529. The average molecular weight is 222 g/mol. The number of nitrogens with one attached hydrogen (secondary N) is 2. The van der Waals surface area contributed by atoms with Crippen molar-refractivity contribution in [3.63, 3.8) is 0 Å². The predicted molar refractivity (Wildman–Crippen MR) is 55.8 cm³/mol. The molecule has 2 heterocycles. The Labute approximate surface area is 89.3 Å². The van der Waals surface area contributed by atoms with Crippen LogP contribution in [0.5, 0.6) is 0 Å². The van der Waals surface area contributed by atoms with Crippen LogP contribution in [0.25, 0.3) is 0 Å². The van der Waals surface area contributed by atoms with E-state index in [0.29, 0.717) is 11.4 Å². The van der Waals surface area contributed by atoms with E-state index in [1.54, 1.807) is 13.8 Å². The maximum Gasteiger partial charge on any atom is 0.366 e. The molecule has 0 saturated heterocycles. The molecule has 84 valence electrons. The molecule has 0 amide bonds. The summed E-state index contributed by atoms with van der Waals surface area (Å²) < 4.78 is 2.15. The standard InChI is InChI=1S/C9H10N4O3/c1-5-3-7(14)10-12(5)9(16)13-6(2)4-8(15)11-13/h3-4H,1-2H3,(H,10,14)(H,11,15). The van der Waals surface area contributed by atoms with Gasteiger partial charge in [-0.1, -0.05) is 0 Å². The molecule has 0 unspecified atom stereocenters. The van der Waals surface area contributed by atoms with E-state index in [2.05, 4.69) is 10.2 Å². The Morgan fingerprint density at radius 1 is 1.00 bits per heavy atom. The van der Waals surface area contributed by atoms with Crippen molar-refractivity contribution in [1.82, 2.24) is 19.6 Å². The molecule has 0 aliphatic carbocycles. The van der Waals surface area contributed by atoms with Crippen molar-refractivity contribution >= 4 is 6.03 Å². The summed E-state index contributed by atoms with van der Waals surface area (Å²) in [6.07, 6.45) is 0. The fourth-order valence-electron chi connectivity index (χ4n) is 1.47. The molecule has 7 nitrogen and oxygen atoms in total. The number of carbonyl (C=O) groups is 1. The first-order valence-electron chi connectivity index (χ1n) is 4.61. The monoisotopic (exact) mass is 222 g/mol. The fourth-order valence-corrected chi connectivity index (χ4v) is 1.47. The predicted octanol–water partition coefficient (Wildman–Crippen LogP) is -0.201. The molecule has 0 fully saturated rings. The average Bonchev–Trinajstić information content (AvgIpc) is 2.68. The summed E-state index contributed by atoms with van der Waals surface area (Å²) in [6.45, 7) is 3.24. The highest BCUT2D eigenvalue weighted by molar-refractivity contribution is 5.78. The molecular formula is C9H10N4O3. The lowest BCUT2D eigenvalue weighted by Crippen LogP contribution is -2.26. The number of aryl methyl sites for hydroxylation is 2. The lowest BCUT2D eigenvalue weighted by molar-refractivity contribution is 0.237. The Balaban J connectivity index is 2.55. The summed E-state index contributed by atoms with van der Waals surface area (Å²) in [5.41, 5.74) is 0.226. The van der Waals surface area contributed by atoms with Gasteiger partial charge in [-0.3, -0.25) is 19.8 Å². The van der Waals surface area contributed by atoms with Crippen molar-refractivity contribution in [2.45, 2.75) is 13.8 Å². The smallest absolute Gasteiger partial charge is 0.268 e. The van der Waals surface area contributed by atoms with Gasteiger partial charge in [0.25, 0.3) is 11.1 Å². The molecule has 16 heavy (non-hydrogen) atoms. The summed E-state index contributed by atoms with van der Waals surface area (Å²) in [4.78, 5) is 34.0. The molecule has 0 bridgehead atoms. The van der Waals surface area contributed by atoms with Crippen LogP contribution in [0.2, 0.25) is 0 Å². The van der Waals surface area contributed by atoms with Gasteiger partial charge in [0, 0.05) is 23.5 Å². The zero-order valence-electron chi connectivity index (χ0n) is 8.77. The van der Waals surface area contributed by atoms with E-state index < -0.39 is 6.03 Å². The molecule has 7 heteroatoms. The largest absolute Gasteiger partial charge is 0.366 e. The highest BCUT2D eigenvalue weighted by Gasteiger charge is 2.13. The molecule has 0 aromatic carbocycles. The second-order valence-corrected chi connectivity index (χ2v) is 3.48. The highest BCUT2D eigenvalue weighted by Crippen LogP contribution is 1.97. The van der Waals surface area contributed by atoms with Gasteiger partial charge in [-0.15, -0.1) is 0 Å². The number of carbonyl (C=O) groups excluding carboxylic acids is 1. The molecule has 2 rings (SSSR count). The van der Waals surface area contributed by atoms with Crippen LogP contribution < -0.4 is 11.1 Å². The zero-order valence-corrected chi connectivity index (χ0v) is 8.77. The number of H-pyrrole nitrogens is 2. The third-order valence-corrected chi connectivity index (χ3v) is 2.21. The van der Waals surface area contributed by atoms with E-state index in [1.807, 2.05) is 0 Å². The van der Waals surface area contributed by atoms with Crippen molar-refractivity contribution in [1.29, 1.82) is 0 Å². The van der Waals surface area contributed by atoms with Gasteiger partial charge < -0.3 is 0 Å². The number of rotatable bonds is 0. The van der Waals surface area contributed by atoms with E-state index in [-0.39, 0.29) is 11.1 Å². The number of hydrogen-bond donors (Lipinski definition) is 2. The molecule has 0 atom stereocenters. The van der Waals surface area contributed by atoms with Gasteiger partial charge in [0.1, 0.15) is 0 Å². The minimum absolute atomic E-state index is 0.363. The minimum Gasteiger partial charge on any atom is -0.268 e. The summed E-state index contributed by atoms with van der Waals surface area (Å²) in [5.74, 6) is 0. The van der Waals surface area contributed by atoms with E-state index >= 15 is 0 Å². The quantitative estimate of drug-likeness (QED) is 0.646. The van der Waals surface area contributed by atoms with Gasteiger partial charge in [0.05, 0.1) is 0 Å². The topological polar surface area (TPSA) is 92.7 Å². The number of aromatic amines is 2.